The number of hydrogen-bond acceptors (Lipinski definition) is 3. The summed E-state index contributed by atoms with van der Waals surface area (Å²) in [5.41, 5.74) is 0. The van der Waals surface area contributed by atoms with Crippen molar-refractivity contribution in [2.45, 2.75) is 116 Å². The van der Waals surface area contributed by atoms with Crippen LogP contribution >= 0.6 is 12.2 Å². The van der Waals surface area contributed by atoms with E-state index >= 15 is 0 Å². The molecule has 0 radical (unpaired) electrons. The summed E-state index contributed by atoms with van der Waals surface area (Å²) in [6, 6.07) is 0. The third-order valence-electron chi connectivity index (χ3n) is 4.34. The van der Waals surface area contributed by atoms with Gasteiger partial charge in [0.2, 0.25) is 0 Å². The lowest BCUT2D eigenvalue weighted by Crippen LogP contribution is -2.14. The zero-order chi connectivity index (χ0) is 18.0. The van der Waals surface area contributed by atoms with Crippen molar-refractivity contribution < 1.29 is 14.6 Å². The number of hydrogen-bond donors (Lipinski definition) is 1. The lowest BCUT2D eigenvalue weighted by atomic mass is 10.0. The Balaban J connectivity index is 3.28. The standard InChI is InChI=1S/C20H38O3S/c1-3-4-5-6-7-8-9-10-11-12-13-14-15-18(2)23-20(24)17-16-19(21)22/h18H,3-17H2,1-2H3,(H,21,22). The van der Waals surface area contributed by atoms with Gasteiger partial charge in [-0.2, -0.15) is 0 Å². The summed E-state index contributed by atoms with van der Waals surface area (Å²) < 4.78 is 5.57. The highest BCUT2D eigenvalue weighted by Crippen LogP contribution is 2.14. The summed E-state index contributed by atoms with van der Waals surface area (Å²) in [6.07, 6.45) is 17.7. The minimum absolute atomic E-state index is 0.0597. The molecule has 24 heavy (non-hydrogen) atoms. The third kappa shape index (κ3) is 17.7. The van der Waals surface area contributed by atoms with E-state index in [1.165, 1.54) is 77.0 Å². The van der Waals surface area contributed by atoms with E-state index in [4.69, 9.17) is 22.1 Å². The highest BCUT2D eigenvalue weighted by Gasteiger charge is 2.08. The van der Waals surface area contributed by atoms with Gasteiger partial charge in [0, 0.05) is 6.42 Å². The fraction of sp³-hybridized carbons (Fsp3) is 0.900. The van der Waals surface area contributed by atoms with E-state index in [9.17, 15) is 4.79 Å². The molecule has 0 aromatic carbocycles. The Hall–Kier alpha value is -0.640. The molecule has 0 spiro atoms. The highest BCUT2D eigenvalue weighted by molar-refractivity contribution is 7.80. The van der Waals surface area contributed by atoms with Gasteiger partial charge in [-0.15, -0.1) is 0 Å². The molecule has 142 valence electrons. The predicted molar refractivity (Wildman–Crippen MR) is 106 cm³/mol. The van der Waals surface area contributed by atoms with Crippen LogP contribution in [0.25, 0.3) is 0 Å². The van der Waals surface area contributed by atoms with Gasteiger partial charge in [0.25, 0.3) is 0 Å². The average Bonchev–Trinajstić information content (AvgIpc) is 2.54. The van der Waals surface area contributed by atoms with Crippen molar-refractivity contribution >= 4 is 23.2 Å². The van der Waals surface area contributed by atoms with Crippen LogP contribution < -0.4 is 0 Å². The van der Waals surface area contributed by atoms with E-state index in [1.807, 2.05) is 6.92 Å². The molecule has 4 heteroatoms. The topological polar surface area (TPSA) is 46.5 Å². The minimum atomic E-state index is -0.824. The quantitative estimate of drug-likeness (QED) is 0.233. The first-order valence-electron chi connectivity index (χ1n) is 9.97. The van der Waals surface area contributed by atoms with Gasteiger partial charge in [-0.1, -0.05) is 77.6 Å². The van der Waals surface area contributed by atoms with Crippen molar-refractivity contribution in [1.82, 2.24) is 0 Å². The third-order valence-corrected chi connectivity index (χ3v) is 4.64. The van der Waals surface area contributed by atoms with Crippen LogP contribution in [0.4, 0.5) is 0 Å². The molecule has 1 N–H and O–H groups in total. The van der Waals surface area contributed by atoms with E-state index in [-0.39, 0.29) is 12.5 Å². The van der Waals surface area contributed by atoms with Gasteiger partial charge in [0.05, 0.1) is 12.5 Å². The lowest BCUT2D eigenvalue weighted by molar-refractivity contribution is -0.136. The Morgan fingerprint density at radius 1 is 0.875 bits per heavy atom. The van der Waals surface area contributed by atoms with Gasteiger partial charge in [-0.05, 0) is 32.0 Å². The first-order valence-corrected chi connectivity index (χ1v) is 10.4. The summed E-state index contributed by atoms with van der Waals surface area (Å²) in [7, 11) is 0. The molecular weight excluding hydrogens is 320 g/mol. The molecule has 0 aromatic heterocycles. The van der Waals surface area contributed by atoms with Crippen LogP contribution in [0.2, 0.25) is 0 Å². The smallest absolute Gasteiger partial charge is 0.303 e. The number of unbranched alkanes of at least 4 members (excludes halogenated alkanes) is 11. The first-order chi connectivity index (χ1) is 11.6. The van der Waals surface area contributed by atoms with Crippen molar-refractivity contribution in [3.05, 3.63) is 0 Å². The van der Waals surface area contributed by atoms with Gasteiger partial charge in [-0.3, -0.25) is 4.79 Å². The Bertz CT molecular complexity index is 318. The van der Waals surface area contributed by atoms with Crippen molar-refractivity contribution in [3.63, 3.8) is 0 Å². The molecule has 1 atom stereocenters. The summed E-state index contributed by atoms with van der Waals surface area (Å²) in [6.45, 7) is 4.28. The molecule has 0 bridgehead atoms. The van der Waals surface area contributed by atoms with E-state index in [2.05, 4.69) is 6.92 Å². The summed E-state index contributed by atoms with van der Waals surface area (Å²) in [4.78, 5) is 10.5. The van der Waals surface area contributed by atoms with E-state index in [0.29, 0.717) is 11.5 Å². The molecule has 1 unspecified atom stereocenters. The maximum Gasteiger partial charge on any atom is 0.303 e. The Kier molecular flexibility index (Phi) is 16.7. The first kappa shape index (κ1) is 23.4. The second kappa shape index (κ2) is 17.2. The number of rotatable bonds is 17. The molecule has 3 nitrogen and oxygen atoms in total. The lowest BCUT2D eigenvalue weighted by Gasteiger charge is -2.14. The average molecular weight is 359 g/mol. The number of carboxylic acids is 1. The molecule has 0 saturated heterocycles. The molecular formula is C20H38O3S. The second-order valence-corrected chi connectivity index (χ2v) is 7.33. The fourth-order valence-corrected chi connectivity index (χ4v) is 3.09. The largest absolute Gasteiger partial charge is 0.484 e. The molecule has 0 aliphatic heterocycles. The molecule has 0 rings (SSSR count). The van der Waals surface area contributed by atoms with Crippen molar-refractivity contribution in [2.75, 3.05) is 0 Å². The van der Waals surface area contributed by atoms with E-state index in [0.717, 1.165) is 6.42 Å². The highest BCUT2D eigenvalue weighted by atomic mass is 32.1. The number of ether oxygens (including phenoxy) is 1. The molecule has 0 aliphatic carbocycles. The van der Waals surface area contributed by atoms with Gasteiger partial charge in [-0.25, -0.2) is 0 Å². The molecule has 0 aliphatic rings. The molecule has 0 heterocycles. The number of carboxylic acid groups (broad SMARTS) is 1. The maximum atomic E-state index is 10.5. The zero-order valence-corrected chi connectivity index (χ0v) is 16.7. The predicted octanol–water partition coefficient (Wildman–Crippen LogP) is 6.67. The summed E-state index contributed by atoms with van der Waals surface area (Å²) in [5, 5.41) is 9.04. The van der Waals surface area contributed by atoms with Crippen LogP contribution in [-0.4, -0.2) is 22.2 Å². The van der Waals surface area contributed by atoms with Gasteiger partial charge < -0.3 is 9.84 Å². The summed E-state index contributed by atoms with van der Waals surface area (Å²) in [5.74, 6) is -0.824. The maximum absolute atomic E-state index is 10.5. The van der Waals surface area contributed by atoms with Crippen molar-refractivity contribution in [1.29, 1.82) is 0 Å². The monoisotopic (exact) mass is 358 g/mol. The van der Waals surface area contributed by atoms with Crippen LogP contribution in [-0.2, 0) is 9.53 Å². The molecule has 0 aromatic rings. The van der Waals surface area contributed by atoms with Crippen LogP contribution in [0.15, 0.2) is 0 Å². The van der Waals surface area contributed by atoms with Crippen molar-refractivity contribution in [3.8, 4) is 0 Å². The number of thiocarbonyl (C=S) groups is 1. The SMILES string of the molecule is CCCCCCCCCCCCCCC(C)OC(=S)CCC(=O)O. The van der Waals surface area contributed by atoms with Crippen LogP contribution in [0.5, 0.6) is 0 Å². The van der Waals surface area contributed by atoms with Gasteiger partial charge >= 0.3 is 5.97 Å². The minimum Gasteiger partial charge on any atom is -0.484 e. The Morgan fingerprint density at radius 2 is 1.33 bits per heavy atom. The summed E-state index contributed by atoms with van der Waals surface area (Å²) >= 11 is 5.06. The second-order valence-electron chi connectivity index (χ2n) is 6.87. The normalized spacial score (nSPS) is 12.1. The number of carbonyl (C=O) groups is 1. The van der Waals surface area contributed by atoms with E-state index in [1.54, 1.807) is 0 Å². The molecule has 0 saturated carbocycles. The molecule has 0 fully saturated rings. The molecule has 0 amide bonds. The van der Waals surface area contributed by atoms with Gasteiger partial charge in [0.1, 0.15) is 0 Å². The Morgan fingerprint density at radius 3 is 1.79 bits per heavy atom. The van der Waals surface area contributed by atoms with Crippen LogP contribution in [0.1, 0.15) is 110 Å². The zero-order valence-electron chi connectivity index (χ0n) is 15.9. The van der Waals surface area contributed by atoms with Crippen LogP contribution in [0, 0.1) is 0 Å². The number of aliphatic carboxylic acids is 1. The van der Waals surface area contributed by atoms with Crippen molar-refractivity contribution in [2.24, 2.45) is 0 Å². The van der Waals surface area contributed by atoms with E-state index < -0.39 is 5.97 Å². The van der Waals surface area contributed by atoms with Crippen LogP contribution in [0.3, 0.4) is 0 Å². The van der Waals surface area contributed by atoms with Gasteiger partial charge in [0.15, 0.2) is 5.05 Å². The fourth-order valence-electron chi connectivity index (χ4n) is 2.82. The Labute approximate surface area is 154 Å².